The number of aromatic nitrogens is 2. The summed E-state index contributed by atoms with van der Waals surface area (Å²) in [7, 11) is -3.56. The molecule has 2 heterocycles. The predicted octanol–water partition coefficient (Wildman–Crippen LogP) is 0.406. The second kappa shape index (κ2) is 5.76. The molecule has 0 bridgehead atoms. The molecule has 1 aromatic heterocycles. The monoisotopic (exact) mass is 314 g/mol. The summed E-state index contributed by atoms with van der Waals surface area (Å²) in [4.78, 5) is 11.2. The first kappa shape index (κ1) is 16.0. The van der Waals surface area contributed by atoms with Crippen LogP contribution in [0.5, 0.6) is 0 Å². The number of hydrogen-bond acceptors (Lipinski definition) is 4. The molecular formula is C13H22N4O3S. The van der Waals surface area contributed by atoms with E-state index in [1.165, 1.54) is 8.99 Å². The maximum atomic E-state index is 12.8. The highest BCUT2D eigenvalue weighted by Crippen LogP contribution is 2.27. The van der Waals surface area contributed by atoms with E-state index in [2.05, 4.69) is 12.0 Å². The number of carbonyl (C=O) groups excluding carboxylic acids is 1. The van der Waals surface area contributed by atoms with Crippen molar-refractivity contribution in [2.45, 2.75) is 45.1 Å². The zero-order valence-electron chi connectivity index (χ0n) is 12.7. The quantitative estimate of drug-likeness (QED) is 0.870. The predicted molar refractivity (Wildman–Crippen MR) is 78.1 cm³/mol. The number of nitrogens with zero attached hydrogens (tertiary/aromatic N) is 3. The first-order valence-corrected chi connectivity index (χ1v) is 8.50. The topological polar surface area (TPSA) is 98.3 Å². The van der Waals surface area contributed by atoms with Crippen LogP contribution in [-0.4, -0.2) is 41.5 Å². The highest BCUT2D eigenvalue weighted by molar-refractivity contribution is 7.89. The van der Waals surface area contributed by atoms with Gasteiger partial charge < -0.3 is 5.73 Å². The van der Waals surface area contributed by atoms with Crippen molar-refractivity contribution in [3.63, 3.8) is 0 Å². The van der Waals surface area contributed by atoms with Crippen LogP contribution in [-0.2, 0) is 21.4 Å². The minimum Gasteiger partial charge on any atom is -0.368 e. The zero-order valence-corrected chi connectivity index (χ0v) is 13.5. The smallest absolute Gasteiger partial charge is 0.246 e. The van der Waals surface area contributed by atoms with Crippen molar-refractivity contribution in [1.29, 1.82) is 0 Å². The second-order valence-electron chi connectivity index (χ2n) is 5.71. The summed E-state index contributed by atoms with van der Waals surface area (Å²) in [6, 6.07) is 0. The molecule has 21 heavy (non-hydrogen) atoms. The van der Waals surface area contributed by atoms with Gasteiger partial charge in [0.15, 0.2) is 0 Å². The summed E-state index contributed by atoms with van der Waals surface area (Å²) >= 11 is 0. The van der Waals surface area contributed by atoms with Crippen LogP contribution >= 0.6 is 0 Å². The molecule has 0 radical (unpaired) electrons. The van der Waals surface area contributed by atoms with Crippen LogP contribution < -0.4 is 5.73 Å². The van der Waals surface area contributed by atoms with Gasteiger partial charge in [-0.05, 0) is 32.6 Å². The van der Waals surface area contributed by atoms with Crippen molar-refractivity contribution in [3.05, 3.63) is 11.4 Å². The molecule has 1 fully saturated rings. The molecule has 1 saturated heterocycles. The van der Waals surface area contributed by atoms with Crippen molar-refractivity contribution in [2.24, 2.45) is 11.7 Å². The number of carbonyl (C=O) groups is 1. The van der Waals surface area contributed by atoms with Crippen LogP contribution in [0.15, 0.2) is 4.90 Å². The van der Waals surface area contributed by atoms with E-state index in [1.54, 1.807) is 13.8 Å². The Kier molecular flexibility index (Phi) is 4.38. The molecule has 1 aromatic rings. The number of aryl methyl sites for hydroxylation is 1. The normalized spacial score (nSPS) is 18.0. The Labute approximate surface area is 125 Å². The summed E-state index contributed by atoms with van der Waals surface area (Å²) in [6.07, 6.45) is 1.74. The Bertz CT molecular complexity index is 643. The molecule has 0 aromatic carbocycles. The molecule has 0 aliphatic carbocycles. The highest BCUT2D eigenvalue weighted by atomic mass is 32.2. The maximum Gasteiger partial charge on any atom is 0.246 e. The third-order valence-electron chi connectivity index (χ3n) is 3.96. The van der Waals surface area contributed by atoms with E-state index in [1.807, 2.05) is 0 Å². The summed E-state index contributed by atoms with van der Waals surface area (Å²) < 4.78 is 28.5. The second-order valence-corrected chi connectivity index (χ2v) is 7.59. The van der Waals surface area contributed by atoms with Gasteiger partial charge in [0.05, 0.1) is 11.4 Å². The molecule has 7 nitrogen and oxygen atoms in total. The number of sulfonamides is 1. The van der Waals surface area contributed by atoms with Gasteiger partial charge in [-0.25, -0.2) is 8.42 Å². The van der Waals surface area contributed by atoms with Gasteiger partial charge >= 0.3 is 0 Å². The first-order chi connectivity index (χ1) is 9.73. The third kappa shape index (κ3) is 3.11. The highest BCUT2D eigenvalue weighted by Gasteiger charge is 2.33. The van der Waals surface area contributed by atoms with E-state index >= 15 is 0 Å². The maximum absolute atomic E-state index is 12.8. The van der Waals surface area contributed by atoms with Gasteiger partial charge in [-0.15, -0.1) is 0 Å². The molecule has 2 N–H and O–H groups in total. The van der Waals surface area contributed by atoms with Gasteiger partial charge in [0, 0.05) is 13.1 Å². The van der Waals surface area contributed by atoms with Crippen LogP contribution in [0.2, 0.25) is 0 Å². The zero-order chi connectivity index (χ0) is 15.8. The van der Waals surface area contributed by atoms with Gasteiger partial charge in [-0.2, -0.15) is 9.40 Å². The fourth-order valence-electron chi connectivity index (χ4n) is 2.71. The number of rotatable bonds is 4. The summed E-state index contributed by atoms with van der Waals surface area (Å²) in [5, 5.41) is 4.14. The first-order valence-electron chi connectivity index (χ1n) is 7.06. The number of piperidine rings is 1. The van der Waals surface area contributed by atoms with Gasteiger partial charge in [0.1, 0.15) is 11.4 Å². The van der Waals surface area contributed by atoms with Crippen LogP contribution in [0, 0.1) is 19.8 Å². The summed E-state index contributed by atoms with van der Waals surface area (Å²) in [6.45, 7) is 6.38. The number of hydrogen-bond donors (Lipinski definition) is 1. The van der Waals surface area contributed by atoms with Crippen molar-refractivity contribution in [3.8, 4) is 0 Å². The Morgan fingerprint density at radius 2 is 1.90 bits per heavy atom. The van der Waals surface area contributed by atoms with E-state index in [4.69, 9.17) is 5.73 Å². The molecule has 0 unspecified atom stereocenters. The Morgan fingerprint density at radius 1 is 1.33 bits per heavy atom. The Balaban J connectivity index is 2.36. The van der Waals surface area contributed by atoms with E-state index < -0.39 is 15.9 Å². The molecule has 0 saturated carbocycles. The van der Waals surface area contributed by atoms with Crippen molar-refractivity contribution in [2.75, 3.05) is 13.1 Å². The molecule has 0 atom stereocenters. The molecule has 0 spiro atoms. The number of amides is 1. The minimum absolute atomic E-state index is 0.112. The molecule has 1 amide bonds. The summed E-state index contributed by atoms with van der Waals surface area (Å²) in [5.74, 6) is 0.00701. The van der Waals surface area contributed by atoms with Crippen LogP contribution in [0.25, 0.3) is 0 Å². The number of nitrogens with two attached hydrogens (primary N) is 1. The Morgan fingerprint density at radius 3 is 2.43 bits per heavy atom. The lowest BCUT2D eigenvalue weighted by molar-refractivity contribution is -0.118. The molecule has 1 aliphatic heterocycles. The SMILES string of the molecule is Cc1nn(CC(N)=O)c(C)c1S(=O)(=O)N1CCC(C)CC1. The summed E-state index contributed by atoms with van der Waals surface area (Å²) in [5.41, 5.74) is 6.03. The number of primary amides is 1. The van der Waals surface area contributed by atoms with Crippen LogP contribution in [0.4, 0.5) is 0 Å². The van der Waals surface area contributed by atoms with E-state index in [-0.39, 0.29) is 11.4 Å². The fourth-order valence-corrected chi connectivity index (χ4v) is 4.55. The van der Waals surface area contributed by atoms with Crippen molar-refractivity contribution < 1.29 is 13.2 Å². The van der Waals surface area contributed by atoms with Gasteiger partial charge in [-0.3, -0.25) is 9.48 Å². The lowest BCUT2D eigenvalue weighted by Gasteiger charge is -2.29. The minimum atomic E-state index is -3.56. The van der Waals surface area contributed by atoms with Gasteiger partial charge in [-0.1, -0.05) is 6.92 Å². The average molecular weight is 314 g/mol. The molecule has 1 aliphatic rings. The van der Waals surface area contributed by atoms with Gasteiger partial charge in [0.2, 0.25) is 15.9 Å². The van der Waals surface area contributed by atoms with Crippen molar-refractivity contribution >= 4 is 15.9 Å². The van der Waals surface area contributed by atoms with Crippen molar-refractivity contribution in [1.82, 2.24) is 14.1 Å². The largest absolute Gasteiger partial charge is 0.368 e. The standard InChI is InChI=1S/C13H22N4O3S/c1-9-4-6-16(7-5-9)21(19,20)13-10(2)15-17(11(13)3)8-12(14)18/h9H,4-8H2,1-3H3,(H2,14,18). The molecule has 118 valence electrons. The van der Waals surface area contributed by atoms with Gasteiger partial charge in [0.25, 0.3) is 0 Å². The molecule has 8 heteroatoms. The van der Waals surface area contributed by atoms with E-state index in [0.717, 1.165) is 12.8 Å². The lowest BCUT2D eigenvalue weighted by Crippen LogP contribution is -2.38. The van der Waals surface area contributed by atoms with Crippen LogP contribution in [0.3, 0.4) is 0 Å². The molecular weight excluding hydrogens is 292 g/mol. The third-order valence-corrected chi connectivity index (χ3v) is 6.11. The Hall–Kier alpha value is -1.41. The van der Waals surface area contributed by atoms with Crippen LogP contribution in [0.1, 0.15) is 31.2 Å². The lowest BCUT2D eigenvalue weighted by atomic mass is 10.0. The van der Waals surface area contributed by atoms with E-state index in [0.29, 0.717) is 30.4 Å². The average Bonchev–Trinajstić information content (AvgIpc) is 2.64. The van der Waals surface area contributed by atoms with E-state index in [9.17, 15) is 13.2 Å². The molecule has 2 rings (SSSR count). The fraction of sp³-hybridized carbons (Fsp3) is 0.692.